The van der Waals surface area contributed by atoms with Crippen LogP contribution in [0.1, 0.15) is 36.8 Å². The number of hydrogen-bond acceptors (Lipinski definition) is 8. The molecule has 1 amide bonds. The molecule has 5 rings (SSSR count). The molecule has 1 saturated heterocycles. The van der Waals surface area contributed by atoms with Crippen LogP contribution in [0.3, 0.4) is 0 Å². The highest BCUT2D eigenvalue weighted by Crippen LogP contribution is 2.35. The molecule has 0 aromatic heterocycles. The monoisotopic (exact) mass is 600 g/mol. The molecule has 3 aromatic carbocycles. The van der Waals surface area contributed by atoms with Crippen LogP contribution in [0.4, 0.5) is 5.69 Å². The Morgan fingerprint density at radius 3 is 2.45 bits per heavy atom. The predicted molar refractivity (Wildman–Crippen MR) is 167 cm³/mol. The number of nitrogens with zero attached hydrogens (tertiary/aromatic N) is 3. The first-order chi connectivity index (χ1) is 21.4. The van der Waals surface area contributed by atoms with Gasteiger partial charge in [0.1, 0.15) is 11.5 Å². The van der Waals surface area contributed by atoms with E-state index in [0.717, 1.165) is 35.4 Å². The maximum absolute atomic E-state index is 13.4. The fourth-order valence-corrected chi connectivity index (χ4v) is 5.80. The molecule has 1 fully saturated rings. The Morgan fingerprint density at radius 2 is 1.75 bits per heavy atom. The Balaban J connectivity index is 1.26. The standard InChI is InChI=1S/C34H40N4O6/c1-37(31(33(40)41)23-43-22-24-8-4-2-5-9-24)32(39)15-14-30(25-16-18-42-19-17-25)38-21-26-20-28(12-13-29(26)36-34(38)35)44-27-10-6-3-7-11-27/h2-13,20,25,30-31H,14-19,21-23H2,1H3,(H2,35,36)(H,40,41)/t30-,31?/m0/s1. The molecule has 44 heavy (non-hydrogen) atoms. The zero-order valence-electron chi connectivity index (χ0n) is 25.0. The number of carboxylic acid groups (broad SMARTS) is 1. The van der Waals surface area contributed by atoms with Gasteiger partial charge in [-0.2, -0.15) is 0 Å². The molecule has 10 nitrogen and oxygen atoms in total. The molecule has 0 saturated carbocycles. The molecule has 3 aromatic rings. The van der Waals surface area contributed by atoms with Crippen LogP contribution in [0.2, 0.25) is 0 Å². The second-order valence-electron chi connectivity index (χ2n) is 11.2. The summed E-state index contributed by atoms with van der Waals surface area (Å²) in [6.45, 7) is 1.97. The summed E-state index contributed by atoms with van der Waals surface area (Å²) >= 11 is 0. The lowest BCUT2D eigenvalue weighted by Gasteiger charge is -2.41. The van der Waals surface area contributed by atoms with Gasteiger partial charge in [0.15, 0.2) is 12.0 Å². The summed E-state index contributed by atoms with van der Waals surface area (Å²) in [7, 11) is 1.53. The average Bonchev–Trinajstić information content (AvgIpc) is 3.04. The summed E-state index contributed by atoms with van der Waals surface area (Å²) in [6.07, 6.45) is 2.34. The van der Waals surface area contributed by atoms with Crippen molar-refractivity contribution in [1.82, 2.24) is 9.80 Å². The van der Waals surface area contributed by atoms with Crippen molar-refractivity contribution in [3.8, 4) is 11.5 Å². The lowest BCUT2D eigenvalue weighted by atomic mass is 9.87. The van der Waals surface area contributed by atoms with E-state index in [9.17, 15) is 14.7 Å². The number of ether oxygens (including phenoxy) is 3. The van der Waals surface area contributed by atoms with Crippen molar-refractivity contribution in [3.05, 3.63) is 90.0 Å². The van der Waals surface area contributed by atoms with Crippen molar-refractivity contribution in [3.63, 3.8) is 0 Å². The van der Waals surface area contributed by atoms with Crippen LogP contribution >= 0.6 is 0 Å². The lowest BCUT2D eigenvalue weighted by Crippen LogP contribution is -2.50. The Bertz CT molecular complexity index is 1430. The van der Waals surface area contributed by atoms with Crippen LogP contribution in [0.25, 0.3) is 0 Å². The fourth-order valence-electron chi connectivity index (χ4n) is 5.80. The van der Waals surface area contributed by atoms with E-state index in [4.69, 9.17) is 24.9 Å². The summed E-state index contributed by atoms with van der Waals surface area (Å²) in [5.41, 5.74) is 9.25. The molecular weight excluding hydrogens is 560 g/mol. The van der Waals surface area contributed by atoms with Crippen molar-refractivity contribution < 1.29 is 28.9 Å². The smallest absolute Gasteiger partial charge is 0.328 e. The number of nitrogens with two attached hydrogens (primary N) is 1. The second-order valence-corrected chi connectivity index (χ2v) is 11.2. The Labute approximate surface area is 258 Å². The third-order valence-corrected chi connectivity index (χ3v) is 8.30. The number of guanidine groups is 1. The number of rotatable bonds is 13. The van der Waals surface area contributed by atoms with Gasteiger partial charge in [-0.25, -0.2) is 9.79 Å². The molecule has 0 aliphatic carbocycles. The minimum absolute atomic E-state index is 0.0792. The Hall–Kier alpha value is -4.41. The normalized spacial score (nSPS) is 16.4. The van der Waals surface area contributed by atoms with Gasteiger partial charge >= 0.3 is 5.97 Å². The van der Waals surface area contributed by atoms with E-state index < -0.39 is 12.0 Å². The zero-order chi connectivity index (χ0) is 30.9. The summed E-state index contributed by atoms with van der Waals surface area (Å²) in [6, 6.07) is 23.7. The second kappa shape index (κ2) is 14.9. The first-order valence-corrected chi connectivity index (χ1v) is 15.0. The van der Waals surface area contributed by atoms with E-state index in [1.54, 1.807) is 0 Å². The molecule has 1 unspecified atom stereocenters. The molecule has 2 heterocycles. The highest BCUT2D eigenvalue weighted by Gasteiger charge is 2.34. The van der Waals surface area contributed by atoms with Crippen LogP contribution in [0, 0.1) is 5.92 Å². The number of aliphatic imine (C=N–C) groups is 1. The number of para-hydroxylation sites is 1. The molecule has 0 radical (unpaired) electrons. The highest BCUT2D eigenvalue weighted by atomic mass is 16.5. The number of fused-ring (bicyclic) bond motifs is 1. The number of benzene rings is 3. The number of carboxylic acids is 1. The van der Waals surface area contributed by atoms with Crippen molar-refractivity contribution in [2.45, 2.75) is 50.9 Å². The van der Waals surface area contributed by atoms with E-state index in [1.807, 2.05) is 78.9 Å². The quantitative estimate of drug-likeness (QED) is 0.282. The van der Waals surface area contributed by atoms with Crippen LogP contribution in [-0.4, -0.2) is 71.7 Å². The van der Waals surface area contributed by atoms with Gasteiger partial charge in [0.05, 0.1) is 18.9 Å². The number of aliphatic carboxylic acids is 1. The zero-order valence-corrected chi connectivity index (χ0v) is 25.0. The number of carbonyl (C=O) groups is 2. The van der Waals surface area contributed by atoms with Gasteiger partial charge in [-0.05, 0) is 61.1 Å². The molecule has 2 atom stereocenters. The van der Waals surface area contributed by atoms with E-state index in [0.29, 0.717) is 37.9 Å². The largest absolute Gasteiger partial charge is 0.480 e. The molecule has 10 heteroatoms. The minimum atomic E-state index is -1.10. The van der Waals surface area contributed by atoms with Gasteiger partial charge in [0.25, 0.3) is 0 Å². The molecule has 0 spiro atoms. The molecule has 3 N–H and O–H groups in total. The summed E-state index contributed by atoms with van der Waals surface area (Å²) < 4.78 is 17.4. The Morgan fingerprint density at radius 1 is 1.05 bits per heavy atom. The van der Waals surface area contributed by atoms with Crippen LogP contribution in [0.5, 0.6) is 11.5 Å². The fraction of sp³-hybridized carbons (Fsp3) is 0.382. The SMILES string of the molecule is CN(C(=O)CC[C@@H](C1CCOCC1)N1Cc2cc(Oc3ccccc3)ccc2N=C1N)C(COCc1ccccc1)C(=O)O. The van der Waals surface area contributed by atoms with E-state index in [1.165, 1.54) is 11.9 Å². The van der Waals surface area contributed by atoms with E-state index in [-0.39, 0.29) is 37.5 Å². The van der Waals surface area contributed by atoms with Crippen molar-refractivity contribution in [1.29, 1.82) is 0 Å². The predicted octanol–water partition coefficient (Wildman–Crippen LogP) is 4.94. The molecule has 0 bridgehead atoms. The van der Waals surface area contributed by atoms with Crippen LogP contribution in [-0.2, 0) is 32.2 Å². The van der Waals surface area contributed by atoms with Gasteiger partial charge in [-0.1, -0.05) is 48.5 Å². The van der Waals surface area contributed by atoms with Gasteiger partial charge in [0.2, 0.25) is 5.91 Å². The molecule has 232 valence electrons. The Kier molecular flexibility index (Phi) is 10.5. The first-order valence-electron chi connectivity index (χ1n) is 15.0. The molecule has 2 aliphatic heterocycles. The molecular formula is C34H40N4O6. The van der Waals surface area contributed by atoms with Crippen molar-refractivity contribution in [2.24, 2.45) is 16.6 Å². The summed E-state index contributed by atoms with van der Waals surface area (Å²) in [5, 5.41) is 9.88. The van der Waals surface area contributed by atoms with Crippen molar-refractivity contribution in [2.75, 3.05) is 26.9 Å². The minimum Gasteiger partial charge on any atom is -0.480 e. The highest BCUT2D eigenvalue weighted by molar-refractivity contribution is 5.85. The summed E-state index contributed by atoms with van der Waals surface area (Å²) in [5.74, 6) is 0.737. The topological polar surface area (TPSA) is 127 Å². The number of amides is 1. The summed E-state index contributed by atoms with van der Waals surface area (Å²) in [4.78, 5) is 33.5. The first kappa shape index (κ1) is 31.0. The third kappa shape index (κ3) is 7.94. The third-order valence-electron chi connectivity index (χ3n) is 8.30. The van der Waals surface area contributed by atoms with Gasteiger partial charge < -0.3 is 34.9 Å². The lowest BCUT2D eigenvalue weighted by molar-refractivity contribution is -0.152. The molecule has 2 aliphatic rings. The average molecular weight is 601 g/mol. The van der Waals surface area contributed by atoms with Crippen LogP contribution in [0.15, 0.2) is 83.9 Å². The van der Waals surface area contributed by atoms with E-state index >= 15 is 0 Å². The van der Waals surface area contributed by atoms with Gasteiger partial charge in [0, 0.05) is 44.8 Å². The van der Waals surface area contributed by atoms with Gasteiger partial charge in [-0.15, -0.1) is 0 Å². The number of likely N-dealkylation sites (N-methyl/N-ethyl adjacent to an activating group) is 1. The number of hydrogen-bond donors (Lipinski definition) is 2. The van der Waals surface area contributed by atoms with Gasteiger partial charge in [-0.3, -0.25) is 4.79 Å². The van der Waals surface area contributed by atoms with Crippen molar-refractivity contribution >= 4 is 23.5 Å². The van der Waals surface area contributed by atoms with E-state index in [2.05, 4.69) is 4.90 Å². The maximum Gasteiger partial charge on any atom is 0.328 e. The maximum atomic E-state index is 13.4. The number of carbonyl (C=O) groups excluding carboxylic acids is 1. The van der Waals surface area contributed by atoms with Crippen LogP contribution < -0.4 is 10.5 Å².